The van der Waals surface area contributed by atoms with E-state index in [4.69, 9.17) is 12.2 Å². The highest BCUT2D eigenvalue weighted by molar-refractivity contribution is 14.1. The Balaban J connectivity index is 1.54. The number of aryl methyl sites for hydroxylation is 1. The van der Waals surface area contributed by atoms with Gasteiger partial charge in [-0.15, -0.1) is 0 Å². The first-order chi connectivity index (χ1) is 15.2. The molecule has 0 atom stereocenters. The third-order valence-corrected chi connectivity index (χ3v) is 7.48. The van der Waals surface area contributed by atoms with Gasteiger partial charge in [0.1, 0.15) is 0 Å². The molecule has 0 aromatic heterocycles. The second-order valence-electron chi connectivity index (χ2n) is 7.03. The first kappa shape index (κ1) is 24.3. The average molecular weight is 579 g/mol. The van der Waals surface area contributed by atoms with Gasteiger partial charge in [-0.1, -0.05) is 36.4 Å². The van der Waals surface area contributed by atoms with Gasteiger partial charge in [0, 0.05) is 21.4 Å². The van der Waals surface area contributed by atoms with E-state index in [0.717, 1.165) is 14.7 Å². The molecule has 0 aliphatic heterocycles. The number of halogens is 1. The maximum absolute atomic E-state index is 12.5. The first-order valence-electron chi connectivity index (χ1n) is 9.77. The van der Waals surface area contributed by atoms with E-state index in [9.17, 15) is 13.2 Å². The fourth-order valence-electron chi connectivity index (χ4n) is 2.85. The summed E-state index contributed by atoms with van der Waals surface area (Å²) in [6.07, 6.45) is 0.605. The zero-order chi connectivity index (χ0) is 23.1. The van der Waals surface area contributed by atoms with Crippen molar-refractivity contribution in [1.82, 2.24) is 10.0 Å². The highest BCUT2D eigenvalue weighted by Crippen LogP contribution is 2.15. The minimum Gasteiger partial charge on any atom is -0.332 e. The molecule has 0 spiro atoms. The van der Waals surface area contributed by atoms with E-state index in [1.165, 1.54) is 12.1 Å². The zero-order valence-corrected chi connectivity index (χ0v) is 21.1. The van der Waals surface area contributed by atoms with Crippen molar-refractivity contribution in [3.8, 4) is 0 Å². The van der Waals surface area contributed by atoms with Gasteiger partial charge < -0.3 is 5.32 Å². The molecular weight excluding hydrogens is 557 g/mol. The lowest BCUT2D eigenvalue weighted by Gasteiger charge is -2.11. The van der Waals surface area contributed by atoms with Crippen LogP contribution in [0.4, 0.5) is 5.69 Å². The summed E-state index contributed by atoms with van der Waals surface area (Å²) in [6.45, 7) is 2.28. The molecule has 0 heterocycles. The molecule has 0 bridgehead atoms. The second-order valence-corrected chi connectivity index (χ2v) is 10.4. The van der Waals surface area contributed by atoms with Crippen molar-refractivity contribution in [2.75, 3.05) is 11.9 Å². The molecule has 0 aliphatic rings. The van der Waals surface area contributed by atoms with Gasteiger partial charge in [0.15, 0.2) is 5.11 Å². The summed E-state index contributed by atoms with van der Waals surface area (Å²) in [5, 5.41) is 5.65. The summed E-state index contributed by atoms with van der Waals surface area (Å²) in [5.74, 6) is -0.317. The van der Waals surface area contributed by atoms with Gasteiger partial charge >= 0.3 is 0 Å². The van der Waals surface area contributed by atoms with Crippen LogP contribution in [0.25, 0.3) is 0 Å². The summed E-state index contributed by atoms with van der Waals surface area (Å²) in [5.41, 5.74) is 3.22. The molecule has 3 rings (SSSR count). The number of thiocarbonyl (C=S) groups is 1. The summed E-state index contributed by atoms with van der Waals surface area (Å²) >= 11 is 7.38. The third kappa shape index (κ3) is 6.83. The van der Waals surface area contributed by atoms with Crippen molar-refractivity contribution in [2.45, 2.75) is 18.2 Å². The van der Waals surface area contributed by atoms with Crippen LogP contribution < -0.4 is 15.4 Å². The van der Waals surface area contributed by atoms with Crippen molar-refractivity contribution in [3.63, 3.8) is 0 Å². The molecule has 32 heavy (non-hydrogen) atoms. The number of hydrogen-bond donors (Lipinski definition) is 3. The Morgan fingerprint density at radius 2 is 1.69 bits per heavy atom. The van der Waals surface area contributed by atoms with E-state index in [1.54, 1.807) is 24.3 Å². The summed E-state index contributed by atoms with van der Waals surface area (Å²) in [7, 11) is -3.62. The topological polar surface area (TPSA) is 87.3 Å². The van der Waals surface area contributed by atoms with E-state index in [-0.39, 0.29) is 15.9 Å². The van der Waals surface area contributed by atoms with Crippen molar-refractivity contribution < 1.29 is 13.2 Å². The molecule has 3 aromatic rings. The molecule has 0 unspecified atom stereocenters. The maximum Gasteiger partial charge on any atom is 0.257 e. The van der Waals surface area contributed by atoms with Crippen LogP contribution in [0.15, 0.2) is 77.7 Å². The minimum absolute atomic E-state index is 0.127. The highest BCUT2D eigenvalue weighted by atomic mass is 127. The Morgan fingerprint density at radius 1 is 1.00 bits per heavy atom. The quantitative estimate of drug-likeness (QED) is 0.288. The van der Waals surface area contributed by atoms with E-state index in [1.807, 2.05) is 43.3 Å². The molecule has 166 valence electrons. The smallest absolute Gasteiger partial charge is 0.257 e. The normalized spacial score (nSPS) is 11.1. The van der Waals surface area contributed by atoms with Crippen LogP contribution in [0.1, 0.15) is 21.5 Å². The van der Waals surface area contributed by atoms with Gasteiger partial charge in [-0.2, -0.15) is 0 Å². The lowest BCUT2D eigenvalue weighted by molar-refractivity contribution is 0.0977. The average Bonchev–Trinajstić information content (AvgIpc) is 2.76. The standard InChI is InChI=1S/C23H22IN3O3S2/c1-16-7-8-18(15-21(16)24)22(28)27-23(31)26-19-9-11-20(12-10-19)32(29,30)25-14-13-17-5-3-2-4-6-17/h2-12,15,25H,13-14H2,1H3,(H2,26,27,28,31). The molecule has 6 nitrogen and oxygen atoms in total. The number of amides is 1. The number of rotatable bonds is 7. The van der Waals surface area contributed by atoms with E-state index in [2.05, 4.69) is 37.9 Å². The molecule has 0 fully saturated rings. The van der Waals surface area contributed by atoms with Crippen molar-refractivity contribution in [1.29, 1.82) is 0 Å². The monoisotopic (exact) mass is 579 g/mol. The summed E-state index contributed by atoms with van der Waals surface area (Å²) in [6, 6.07) is 21.2. The highest BCUT2D eigenvalue weighted by Gasteiger charge is 2.14. The van der Waals surface area contributed by atoms with Crippen molar-refractivity contribution in [3.05, 3.63) is 93.1 Å². The predicted molar refractivity (Wildman–Crippen MR) is 139 cm³/mol. The molecule has 3 N–H and O–H groups in total. The lowest BCUT2D eigenvalue weighted by Crippen LogP contribution is -2.34. The number of sulfonamides is 1. The van der Waals surface area contributed by atoms with Crippen LogP contribution in [-0.4, -0.2) is 26.0 Å². The largest absolute Gasteiger partial charge is 0.332 e. The van der Waals surface area contributed by atoms with E-state index >= 15 is 0 Å². The number of carbonyl (C=O) groups is 1. The Kier molecular flexibility index (Phi) is 8.35. The van der Waals surface area contributed by atoms with Gasteiger partial charge in [-0.25, -0.2) is 13.1 Å². The molecule has 0 aliphatic carbocycles. The number of carbonyl (C=O) groups excluding carboxylic acids is 1. The zero-order valence-electron chi connectivity index (χ0n) is 17.3. The van der Waals surface area contributed by atoms with Crippen molar-refractivity contribution in [2.24, 2.45) is 0 Å². The fourth-order valence-corrected chi connectivity index (χ4v) is 4.60. The SMILES string of the molecule is Cc1ccc(C(=O)NC(=S)Nc2ccc(S(=O)(=O)NCCc3ccccc3)cc2)cc1I. The predicted octanol–water partition coefficient (Wildman–Crippen LogP) is 4.25. The number of hydrogen-bond acceptors (Lipinski definition) is 4. The maximum atomic E-state index is 12.5. The fraction of sp³-hybridized carbons (Fsp3) is 0.130. The molecular formula is C23H22IN3O3S2. The van der Waals surface area contributed by atoms with E-state index < -0.39 is 10.0 Å². The summed E-state index contributed by atoms with van der Waals surface area (Å²) < 4.78 is 28.6. The van der Waals surface area contributed by atoms with Crippen LogP contribution in [0.5, 0.6) is 0 Å². The summed E-state index contributed by atoms with van der Waals surface area (Å²) in [4.78, 5) is 12.5. The molecule has 0 saturated carbocycles. The number of nitrogens with one attached hydrogen (secondary N) is 3. The van der Waals surface area contributed by atoms with Gasteiger partial charge in [0.25, 0.3) is 5.91 Å². The Labute approximate surface area is 207 Å². The van der Waals surface area contributed by atoms with Gasteiger partial charge in [0.05, 0.1) is 4.90 Å². The second kappa shape index (κ2) is 11.0. The van der Waals surface area contributed by atoms with Crippen LogP contribution in [0, 0.1) is 10.5 Å². The van der Waals surface area contributed by atoms with Crippen LogP contribution in [0.2, 0.25) is 0 Å². The van der Waals surface area contributed by atoms with Gasteiger partial charge in [-0.05, 0) is 95.7 Å². The van der Waals surface area contributed by atoms with Crippen molar-refractivity contribution >= 4 is 61.5 Å². The van der Waals surface area contributed by atoms with Crippen LogP contribution in [-0.2, 0) is 16.4 Å². The first-order valence-corrected chi connectivity index (χ1v) is 12.7. The molecule has 0 saturated heterocycles. The lowest BCUT2D eigenvalue weighted by atomic mass is 10.1. The minimum atomic E-state index is -3.62. The van der Waals surface area contributed by atoms with Crippen LogP contribution in [0.3, 0.4) is 0 Å². The number of anilines is 1. The Morgan fingerprint density at radius 3 is 2.34 bits per heavy atom. The Bertz CT molecular complexity index is 1210. The molecule has 1 amide bonds. The van der Waals surface area contributed by atoms with Gasteiger partial charge in [-0.3, -0.25) is 10.1 Å². The van der Waals surface area contributed by atoms with Gasteiger partial charge in [0.2, 0.25) is 10.0 Å². The Hall–Kier alpha value is -2.34. The number of benzene rings is 3. The molecule has 0 radical (unpaired) electrons. The molecule has 9 heteroatoms. The van der Waals surface area contributed by atoms with E-state index in [0.29, 0.717) is 24.2 Å². The third-order valence-electron chi connectivity index (χ3n) is 4.63. The molecule has 3 aromatic carbocycles. The van der Waals surface area contributed by atoms with Crippen LogP contribution >= 0.6 is 34.8 Å².